The Bertz CT molecular complexity index is 2820. The Kier molecular flexibility index (Phi) is 17.8. The van der Waals surface area contributed by atoms with Crippen molar-refractivity contribution in [2.75, 3.05) is 0 Å². The molecule has 0 atom stereocenters. The number of benzene rings is 10. The zero-order valence-electron chi connectivity index (χ0n) is 40.5. The fourth-order valence-corrected chi connectivity index (χ4v) is 7.64. The van der Waals surface area contributed by atoms with Crippen LogP contribution in [0.25, 0.3) is 43.1 Å². The average molecular weight is 837 g/mol. The molecular weight excluding hydrogens is 769 g/mol. The lowest BCUT2D eigenvalue weighted by atomic mass is 10.0. The van der Waals surface area contributed by atoms with Gasteiger partial charge in [-0.3, -0.25) is 0 Å². The largest absolute Gasteiger partial charge is 0.0617 e. The second kappa shape index (κ2) is 23.6. The third kappa shape index (κ3) is 14.7. The van der Waals surface area contributed by atoms with Gasteiger partial charge in [0.15, 0.2) is 0 Å². The van der Waals surface area contributed by atoms with Crippen LogP contribution in [-0.2, 0) is 0 Å². The van der Waals surface area contributed by atoms with Crippen molar-refractivity contribution in [3.63, 3.8) is 0 Å². The van der Waals surface area contributed by atoms with Crippen LogP contribution < -0.4 is 0 Å². The molecule has 10 aromatic carbocycles. The third-order valence-corrected chi connectivity index (χ3v) is 11.4. The Hall–Kier alpha value is -6.76. The lowest BCUT2D eigenvalue weighted by molar-refractivity contribution is 1.39. The van der Waals surface area contributed by atoms with E-state index < -0.39 is 0 Å². The van der Waals surface area contributed by atoms with E-state index in [9.17, 15) is 0 Å². The van der Waals surface area contributed by atoms with E-state index in [-0.39, 0.29) is 0 Å². The summed E-state index contributed by atoms with van der Waals surface area (Å²) in [6.07, 6.45) is 0. The first-order valence-electron chi connectivity index (χ1n) is 22.6. The molecule has 0 aliphatic rings. The molecule has 0 heteroatoms. The molecule has 64 heavy (non-hydrogen) atoms. The number of rotatable bonds is 0. The van der Waals surface area contributed by atoms with Gasteiger partial charge in [0.2, 0.25) is 0 Å². The summed E-state index contributed by atoms with van der Waals surface area (Å²) in [6.45, 7) is 25.5. The highest BCUT2D eigenvalue weighted by Crippen LogP contribution is 2.23. The molecule has 0 unspecified atom stereocenters. The van der Waals surface area contributed by atoms with E-state index >= 15 is 0 Å². The first kappa shape index (κ1) is 48.3. The maximum Gasteiger partial charge on any atom is -0.0152 e. The van der Waals surface area contributed by atoms with Gasteiger partial charge >= 0.3 is 0 Å². The first-order chi connectivity index (χ1) is 30.7. The van der Waals surface area contributed by atoms with Crippen molar-refractivity contribution in [2.24, 2.45) is 0 Å². The minimum atomic E-state index is 1.33. The van der Waals surface area contributed by atoms with Crippen molar-refractivity contribution in [3.05, 3.63) is 261 Å². The minimum absolute atomic E-state index is 1.33. The van der Waals surface area contributed by atoms with E-state index in [1.165, 1.54) is 110 Å². The average Bonchev–Trinajstić information content (AvgIpc) is 3.28. The summed E-state index contributed by atoms with van der Waals surface area (Å²) in [6, 6.07) is 68.9. The Morgan fingerprint density at radius 1 is 0.172 bits per heavy atom. The molecule has 10 rings (SSSR count). The summed E-state index contributed by atoms with van der Waals surface area (Å²) in [4.78, 5) is 0. The summed E-state index contributed by atoms with van der Waals surface area (Å²) in [5, 5.41) is 10.8. The Balaban J connectivity index is 0.000000146. The fraction of sp³-hybridized carbons (Fsp3) is 0.188. The first-order valence-corrected chi connectivity index (χ1v) is 22.6. The van der Waals surface area contributed by atoms with E-state index in [0.29, 0.717) is 0 Å². The third-order valence-electron chi connectivity index (χ3n) is 11.4. The molecule has 0 radical (unpaired) electrons. The van der Waals surface area contributed by atoms with Gasteiger partial charge in [-0.15, -0.1) is 0 Å². The molecule has 0 amide bonds. The molecular formula is C64H68. The molecule has 0 aliphatic heterocycles. The maximum absolute atomic E-state index is 2.22. The molecule has 0 nitrogen and oxygen atoms in total. The topological polar surface area (TPSA) is 0 Å². The lowest BCUT2D eigenvalue weighted by Gasteiger charge is -2.03. The Morgan fingerprint density at radius 3 is 0.781 bits per heavy atom. The highest BCUT2D eigenvalue weighted by molar-refractivity contribution is 5.89. The zero-order chi connectivity index (χ0) is 46.2. The van der Waals surface area contributed by atoms with Crippen molar-refractivity contribution < 1.29 is 0 Å². The van der Waals surface area contributed by atoms with Crippen LogP contribution in [0, 0.1) is 83.1 Å². The molecule has 0 bridgehead atoms. The van der Waals surface area contributed by atoms with Gasteiger partial charge in [-0.1, -0.05) is 239 Å². The van der Waals surface area contributed by atoms with E-state index in [2.05, 4.69) is 277 Å². The predicted molar refractivity (Wildman–Crippen MR) is 286 cm³/mol. The molecule has 0 spiro atoms. The maximum atomic E-state index is 2.22. The summed E-state index contributed by atoms with van der Waals surface area (Å²) in [5.74, 6) is 0. The fourth-order valence-electron chi connectivity index (χ4n) is 7.64. The van der Waals surface area contributed by atoms with E-state index in [4.69, 9.17) is 0 Å². The summed E-state index contributed by atoms with van der Waals surface area (Å²) < 4.78 is 0. The second-order valence-electron chi connectivity index (χ2n) is 17.5. The van der Waals surface area contributed by atoms with Crippen LogP contribution in [0.15, 0.2) is 194 Å². The van der Waals surface area contributed by atoms with Crippen LogP contribution in [0.3, 0.4) is 0 Å². The zero-order valence-corrected chi connectivity index (χ0v) is 40.5. The van der Waals surface area contributed by atoms with Gasteiger partial charge in [-0.05, 0) is 148 Å². The van der Waals surface area contributed by atoms with Crippen molar-refractivity contribution in [1.82, 2.24) is 0 Å². The molecule has 0 saturated heterocycles. The number of aryl methyl sites for hydroxylation is 12. The van der Waals surface area contributed by atoms with Gasteiger partial charge in [-0.25, -0.2) is 0 Å². The molecule has 0 N–H and O–H groups in total. The monoisotopic (exact) mass is 837 g/mol. The van der Waals surface area contributed by atoms with Crippen molar-refractivity contribution >= 4 is 43.1 Å². The Labute approximate surface area is 385 Å². The van der Waals surface area contributed by atoms with Crippen LogP contribution in [0.4, 0.5) is 0 Å². The Morgan fingerprint density at radius 2 is 0.438 bits per heavy atom. The predicted octanol–water partition coefficient (Wildman–Crippen LogP) is 18.4. The quantitative estimate of drug-likeness (QED) is 0.143. The molecule has 0 aromatic heterocycles. The smallest absolute Gasteiger partial charge is 0.0152 e. The van der Waals surface area contributed by atoms with E-state index in [1.807, 2.05) is 0 Å². The van der Waals surface area contributed by atoms with Crippen molar-refractivity contribution in [2.45, 2.75) is 83.1 Å². The number of hydrogen-bond donors (Lipinski definition) is 0. The second-order valence-corrected chi connectivity index (χ2v) is 17.5. The molecule has 0 saturated carbocycles. The lowest BCUT2D eigenvalue weighted by Crippen LogP contribution is -1.80. The van der Waals surface area contributed by atoms with Gasteiger partial charge in [0.25, 0.3) is 0 Å². The highest BCUT2D eigenvalue weighted by Gasteiger charge is 1.99. The summed E-state index contributed by atoms with van der Waals surface area (Å²) >= 11 is 0. The summed E-state index contributed by atoms with van der Waals surface area (Å²) in [7, 11) is 0. The van der Waals surface area contributed by atoms with E-state index in [1.54, 1.807) is 0 Å². The number of hydrogen-bond acceptors (Lipinski definition) is 0. The van der Waals surface area contributed by atoms with Crippen LogP contribution >= 0.6 is 0 Å². The van der Waals surface area contributed by atoms with Gasteiger partial charge < -0.3 is 0 Å². The molecule has 0 fully saturated rings. The van der Waals surface area contributed by atoms with Gasteiger partial charge in [0.1, 0.15) is 0 Å². The van der Waals surface area contributed by atoms with Crippen molar-refractivity contribution in [1.29, 1.82) is 0 Å². The number of fused-ring (bicyclic) bond motifs is 4. The SMILES string of the molecule is Cc1ccc(C)c2ccccc12.Cc1ccc(C)cc1.Cc1ccc2cc(C)ccc2c1.Cc1ccc2ccc(C)cc2c1.Cc1cccc(C)c1.Cc1cccc2c(C)cccc12. The molecule has 324 valence electrons. The van der Waals surface area contributed by atoms with Gasteiger partial charge in [0, 0.05) is 0 Å². The van der Waals surface area contributed by atoms with Crippen LogP contribution in [0.2, 0.25) is 0 Å². The van der Waals surface area contributed by atoms with E-state index in [0.717, 1.165) is 0 Å². The summed E-state index contributed by atoms with van der Waals surface area (Å²) in [5.41, 5.74) is 16.1. The minimum Gasteiger partial charge on any atom is -0.0617 e. The van der Waals surface area contributed by atoms with Gasteiger partial charge in [0.05, 0.1) is 0 Å². The van der Waals surface area contributed by atoms with Gasteiger partial charge in [-0.2, -0.15) is 0 Å². The van der Waals surface area contributed by atoms with Crippen LogP contribution in [0.1, 0.15) is 66.8 Å². The molecule has 0 heterocycles. The standard InChI is InChI=1S/4C12H12.2C8H10/c1-9-3-5-12-8-10(2)4-6-11(12)7-9;1-9-3-5-11-6-4-10(2)8-12(11)7-9;1-9-5-3-8-12-10(2)6-4-7-11(9)12;1-9-7-8-10(2)12-6-4-3-5-11(9)12;1-7-3-5-8(2)6-4-7;1-7-4-3-5-8(2)6-7/h4*3-8H,1-2H3;2*3-6H,1-2H3. The normalized spacial score (nSPS) is 10.2. The van der Waals surface area contributed by atoms with Crippen molar-refractivity contribution in [3.8, 4) is 0 Å². The molecule has 10 aromatic rings. The molecule has 0 aliphatic carbocycles. The van der Waals surface area contributed by atoms with Crippen LogP contribution in [-0.4, -0.2) is 0 Å². The highest BCUT2D eigenvalue weighted by atomic mass is 14.0. The van der Waals surface area contributed by atoms with Crippen LogP contribution in [0.5, 0.6) is 0 Å².